The van der Waals surface area contributed by atoms with Crippen LogP contribution in [0, 0.1) is 18.3 Å². The van der Waals surface area contributed by atoms with Crippen LogP contribution >= 0.6 is 0 Å². The molecule has 0 aromatic rings. The van der Waals surface area contributed by atoms with Gasteiger partial charge < -0.3 is 0 Å². The first kappa shape index (κ1) is 10.8. The average Bonchev–Trinajstić information content (AvgIpc) is 2.97. The summed E-state index contributed by atoms with van der Waals surface area (Å²) < 4.78 is 0. The molecular weight excluding hydrogens is 170 g/mol. The molecule has 1 nitrogen and oxygen atoms in total. The highest BCUT2D eigenvalue weighted by atomic mass is 14.7. The van der Waals surface area contributed by atoms with Crippen molar-refractivity contribution in [1.29, 1.82) is 0 Å². The Morgan fingerprint density at radius 3 is 2.79 bits per heavy atom. The van der Waals surface area contributed by atoms with Gasteiger partial charge in [0, 0.05) is 11.9 Å². The van der Waals surface area contributed by atoms with E-state index in [1.54, 1.807) is 6.08 Å². The van der Waals surface area contributed by atoms with E-state index in [1.165, 1.54) is 12.8 Å². The number of nitrogens with zero attached hydrogens (tertiary/aromatic N) is 1. The van der Waals surface area contributed by atoms with Gasteiger partial charge in [-0.05, 0) is 56.8 Å². The minimum atomic E-state index is 0.910. The number of terminal acetylenes is 1. The summed E-state index contributed by atoms with van der Waals surface area (Å²) in [7, 11) is 0. The highest BCUT2D eigenvalue weighted by Gasteiger charge is 2.19. The van der Waals surface area contributed by atoms with E-state index in [1.807, 2.05) is 26.1 Å². The molecule has 0 atom stereocenters. The van der Waals surface area contributed by atoms with Gasteiger partial charge in [-0.25, -0.2) is 0 Å². The fourth-order valence-electron chi connectivity index (χ4n) is 1.09. The van der Waals surface area contributed by atoms with E-state index in [4.69, 9.17) is 6.42 Å². The molecule has 74 valence electrons. The lowest BCUT2D eigenvalue weighted by molar-refractivity contribution is 0.905. The smallest absolute Gasteiger partial charge is 0.0398 e. The van der Waals surface area contributed by atoms with Gasteiger partial charge in [0.05, 0.1) is 0 Å². The van der Waals surface area contributed by atoms with E-state index in [9.17, 15) is 0 Å². The van der Waals surface area contributed by atoms with E-state index in [0.717, 1.165) is 23.6 Å². The molecular formula is C13H17N. The molecule has 0 unspecified atom stereocenters. The summed E-state index contributed by atoms with van der Waals surface area (Å²) in [5.41, 5.74) is 2.19. The molecule has 0 aromatic carbocycles. The Balaban J connectivity index is 2.44. The first-order chi connectivity index (χ1) is 6.74. The standard InChI is InChI=1S/C13H17N/c1-4-5-6-11(2)12(3)14-10-9-13-7-8-13/h1,5-6,10,13H,7-9H2,2-3H3/b6-5-,12-11+,14-10-. The van der Waals surface area contributed by atoms with Crippen molar-refractivity contribution in [3.05, 3.63) is 23.4 Å². The van der Waals surface area contributed by atoms with Crippen LogP contribution < -0.4 is 0 Å². The van der Waals surface area contributed by atoms with Crippen LogP contribution in [0.3, 0.4) is 0 Å². The molecule has 0 spiro atoms. The molecule has 0 heterocycles. The molecule has 1 fully saturated rings. The third-order valence-corrected chi connectivity index (χ3v) is 2.42. The second kappa shape index (κ2) is 5.44. The molecule has 0 aliphatic heterocycles. The van der Waals surface area contributed by atoms with Crippen LogP contribution in [0.5, 0.6) is 0 Å². The first-order valence-corrected chi connectivity index (χ1v) is 5.06. The number of rotatable bonds is 4. The Labute approximate surface area is 86.6 Å². The third-order valence-electron chi connectivity index (χ3n) is 2.42. The Kier molecular flexibility index (Phi) is 4.19. The molecule has 1 aliphatic carbocycles. The van der Waals surface area contributed by atoms with Crippen LogP contribution in [-0.4, -0.2) is 6.21 Å². The van der Waals surface area contributed by atoms with Gasteiger partial charge in [-0.3, -0.25) is 4.99 Å². The summed E-state index contributed by atoms with van der Waals surface area (Å²) >= 11 is 0. The van der Waals surface area contributed by atoms with Crippen molar-refractivity contribution in [3.8, 4) is 12.3 Å². The topological polar surface area (TPSA) is 12.4 Å². The van der Waals surface area contributed by atoms with Gasteiger partial charge in [0.25, 0.3) is 0 Å². The van der Waals surface area contributed by atoms with Crippen LogP contribution in [-0.2, 0) is 0 Å². The zero-order chi connectivity index (χ0) is 10.4. The molecule has 0 amide bonds. The van der Waals surface area contributed by atoms with Crippen LogP contribution in [0.25, 0.3) is 0 Å². The summed E-state index contributed by atoms with van der Waals surface area (Å²) in [6, 6.07) is 0. The third kappa shape index (κ3) is 4.09. The zero-order valence-corrected chi connectivity index (χ0v) is 8.96. The van der Waals surface area contributed by atoms with Gasteiger partial charge in [-0.15, -0.1) is 6.42 Å². The Bertz CT molecular complexity index is 309. The maximum atomic E-state index is 5.13. The van der Waals surface area contributed by atoms with Crippen molar-refractivity contribution in [2.45, 2.75) is 33.1 Å². The molecule has 0 bridgehead atoms. The van der Waals surface area contributed by atoms with Crippen molar-refractivity contribution in [1.82, 2.24) is 0 Å². The predicted octanol–water partition coefficient (Wildman–Crippen LogP) is 3.34. The van der Waals surface area contributed by atoms with Gasteiger partial charge >= 0.3 is 0 Å². The highest BCUT2D eigenvalue weighted by Crippen LogP contribution is 2.31. The zero-order valence-electron chi connectivity index (χ0n) is 8.96. The molecule has 1 aliphatic rings. The van der Waals surface area contributed by atoms with E-state index >= 15 is 0 Å². The average molecular weight is 187 g/mol. The molecule has 14 heavy (non-hydrogen) atoms. The minimum Gasteiger partial charge on any atom is -0.266 e. The molecule has 0 radical (unpaired) electrons. The fraction of sp³-hybridized carbons (Fsp3) is 0.462. The summed E-state index contributed by atoms with van der Waals surface area (Å²) in [4.78, 5) is 4.39. The van der Waals surface area contributed by atoms with E-state index in [0.29, 0.717) is 0 Å². The van der Waals surface area contributed by atoms with E-state index in [-0.39, 0.29) is 0 Å². The molecule has 1 rings (SSSR count). The van der Waals surface area contributed by atoms with Crippen molar-refractivity contribution in [2.75, 3.05) is 0 Å². The van der Waals surface area contributed by atoms with Gasteiger partial charge in [0.15, 0.2) is 0 Å². The summed E-state index contributed by atoms with van der Waals surface area (Å²) in [6.07, 6.45) is 14.7. The monoisotopic (exact) mass is 187 g/mol. The predicted molar refractivity (Wildman–Crippen MR) is 62.2 cm³/mol. The summed E-state index contributed by atoms with van der Waals surface area (Å²) in [6.45, 7) is 4.04. The number of hydrogen-bond acceptors (Lipinski definition) is 1. The van der Waals surface area contributed by atoms with E-state index < -0.39 is 0 Å². The number of allylic oxidation sites excluding steroid dienone is 4. The molecule has 1 saturated carbocycles. The van der Waals surface area contributed by atoms with Crippen molar-refractivity contribution in [2.24, 2.45) is 10.9 Å². The second-order valence-electron chi connectivity index (χ2n) is 3.76. The lowest BCUT2D eigenvalue weighted by Crippen LogP contribution is -1.81. The quantitative estimate of drug-likeness (QED) is 0.363. The maximum Gasteiger partial charge on any atom is 0.0398 e. The number of aliphatic imine (C=N–C) groups is 1. The van der Waals surface area contributed by atoms with Crippen LogP contribution in [0.15, 0.2) is 28.4 Å². The lowest BCUT2D eigenvalue weighted by atomic mass is 10.2. The molecule has 0 saturated heterocycles. The van der Waals surface area contributed by atoms with Crippen LogP contribution in [0.2, 0.25) is 0 Å². The summed E-state index contributed by atoms with van der Waals surface area (Å²) in [5, 5.41) is 0. The highest BCUT2D eigenvalue weighted by molar-refractivity contribution is 5.60. The van der Waals surface area contributed by atoms with Crippen LogP contribution in [0.4, 0.5) is 0 Å². The normalized spacial score (nSPS) is 18.6. The Hall–Kier alpha value is -1.29. The van der Waals surface area contributed by atoms with E-state index in [2.05, 4.69) is 10.9 Å². The van der Waals surface area contributed by atoms with Crippen molar-refractivity contribution >= 4 is 6.21 Å². The van der Waals surface area contributed by atoms with Crippen molar-refractivity contribution < 1.29 is 0 Å². The SMILES string of the molecule is C#C\C=C/C(C)=C(C)/N=C\CC1CC1. The van der Waals surface area contributed by atoms with Gasteiger partial charge in [0.2, 0.25) is 0 Å². The van der Waals surface area contributed by atoms with Gasteiger partial charge in [-0.1, -0.05) is 5.92 Å². The first-order valence-electron chi connectivity index (χ1n) is 5.06. The Morgan fingerprint density at radius 1 is 1.50 bits per heavy atom. The minimum absolute atomic E-state index is 0.910. The lowest BCUT2D eigenvalue weighted by Gasteiger charge is -1.95. The van der Waals surface area contributed by atoms with Crippen LogP contribution in [0.1, 0.15) is 33.1 Å². The molecule has 0 N–H and O–H groups in total. The largest absolute Gasteiger partial charge is 0.266 e. The number of hydrogen-bond donors (Lipinski definition) is 0. The molecule has 0 aromatic heterocycles. The Morgan fingerprint density at radius 2 is 2.21 bits per heavy atom. The summed E-state index contributed by atoms with van der Waals surface area (Å²) in [5.74, 6) is 3.38. The fourth-order valence-corrected chi connectivity index (χ4v) is 1.09. The maximum absolute atomic E-state index is 5.13. The second-order valence-corrected chi connectivity index (χ2v) is 3.76. The van der Waals surface area contributed by atoms with Crippen molar-refractivity contribution in [3.63, 3.8) is 0 Å². The van der Waals surface area contributed by atoms with Gasteiger partial charge in [-0.2, -0.15) is 0 Å². The molecule has 1 heteroatoms. The van der Waals surface area contributed by atoms with Gasteiger partial charge in [0.1, 0.15) is 0 Å².